The zero-order valence-electron chi connectivity index (χ0n) is 20.8. The normalized spacial score (nSPS) is 37.5. The maximum atomic E-state index is 12.5. The first-order valence-corrected chi connectivity index (χ1v) is 12.7. The Morgan fingerprint density at radius 2 is 1.53 bits per heavy atom. The second kappa shape index (κ2) is 10.0. The Morgan fingerprint density at radius 1 is 0.933 bits per heavy atom. The van der Waals surface area contributed by atoms with Gasteiger partial charge in [0.1, 0.15) is 5.60 Å². The van der Waals surface area contributed by atoms with Gasteiger partial charge in [-0.1, -0.05) is 41.5 Å². The molecule has 0 heterocycles. The summed E-state index contributed by atoms with van der Waals surface area (Å²) in [4.78, 5) is 24.6. The molecule has 4 rings (SSSR count). The van der Waals surface area contributed by atoms with Crippen molar-refractivity contribution in [3.63, 3.8) is 0 Å². The van der Waals surface area contributed by atoms with Crippen molar-refractivity contribution in [1.82, 2.24) is 0 Å². The van der Waals surface area contributed by atoms with Crippen molar-refractivity contribution in [2.24, 2.45) is 40.9 Å². The minimum Gasteiger partial charge on any atom is -0.456 e. The van der Waals surface area contributed by atoms with Crippen LogP contribution in [0.3, 0.4) is 0 Å². The van der Waals surface area contributed by atoms with E-state index in [0.29, 0.717) is 12.3 Å². The molecule has 0 spiro atoms. The van der Waals surface area contributed by atoms with Crippen LogP contribution in [0.4, 0.5) is 0 Å². The van der Waals surface area contributed by atoms with Crippen LogP contribution in [0.2, 0.25) is 0 Å². The Labute approximate surface area is 184 Å². The second-order valence-corrected chi connectivity index (χ2v) is 10.0. The predicted molar refractivity (Wildman–Crippen MR) is 121 cm³/mol. The van der Waals surface area contributed by atoms with Gasteiger partial charge in [-0.15, -0.1) is 0 Å². The van der Waals surface area contributed by atoms with E-state index in [-0.39, 0.29) is 24.1 Å². The first-order chi connectivity index (χ1) is 14.3. The molecule has 30 heavy (non-hydrogen) atoms. The van der Waals surface area contributed by atoms with E-state index in [9.17, 15) is 9.59 Å². The fourth-order valence-electron chi connectivity index (χ4n) is 7.01. The van der Waals surface area contributed by atoms with Gasteiger partial charge >= 0.3 is 11.9 Å². The standard InChI is InChI=1S/C22H34O4.2C2H6/c1-5-21(3,4)20(24)25-12-17(23)26-22(6-2)11-15-10-16(22)19-14-8-7-13(9-14)18(15)19;2*1-2/h13-16,18-19H,5-12H2,1-4H3;2*1-2H3. The van der Waals surface area contributed by atoms with Gasteiger partial charge in [0.05, 0.1) is 5.41 Å². The first-order valence-electron chi connectivity index (χ1n) is 12.7. The van der Waals surface area contributed by atoms with Gasteiger partial charge in [0.25, 0.3) is 0 Å². The average Bonchev–Trinajstić information content (AvgIpc) is 3.54. The molecule has 0 amide bonds. The lowest BCUT2D eigenvalue weighted by molar-refractivity contribution is -0.182. The molecular formula is C26H46O4. The van der Waals surface area contributed by atoms with Crippen molar-refractivity contribution < 1.29 is 19.1 Å². The molecule has 4 saturated carbocycles. The predicted octanol–water partition coefficient (Wildman–Crippen LogP) is 6.41. The Hall–Kier alpha value is -1.06. The zero-order chi connectivity index (χ0) is 22.7. The van der Waals surface area contributed by atoms with Gasteiger partial charge in [0, 0.05) is 5.92 Å². The van der Waals surface area contributed by atoms with Crippen molar-refractivity contribution in [3.05, 3.63) is 0 Å². The average molecular weight is 423 g/mol. The maximum absolute atomic E-state index is 12.5. The van der Waals surface area contributed by atoms with Crippen LogP contribution in [0, 0.1) is 40.9 Å². The van der Waals surface area contributed by atoms with Crippen molar-refractivity contribution in [2.45, 2.75) is 106 Å². The van der Waals surface area contributed by atoms with E-state index in [2.05, 4.69) is 6.92 Å². The molecule has 4 aliphatic carbocycles. The minimum absolute atomic E-state index is 0.248. The third-order valence-corrected chi connectivity index (χ3v) is 8.57. The lowest BCUT2D eigenvalue weighted by Gasteiger charge is -2.45. The van der Waals surface area contributed by atoms with E-state index < -0.39 is 5.41 Å². The molecule has 0 saturated heterocycles. The monoisotopic (exact) mass is 422 g/mol. The summed E-state index contributed by atoms with van der Waals surface area (Å²) in [7, 11) is 0. The molecule has 4 nitrogen and oxygen atoms in total. The minimum atomic E-state index is -0.550. The summed E-state index contributed by atoms with van der Waals surface area (Å²) in [5.74, 6) is 4.10. The van der Waals surface area contributed by atoms with Crippen LogP contribution in [0.25, 0.3) is 0 Å². The van der Waals surface area contributed by atoms with Crippen molar-refractivity contribution in [2.75, 3.05) is 6.61 Å². The molecule has 4 aliphatic rings. The van der Waals surface area contributed by atoms with Crippen LogP contribution in [0.15, 0.2) is 0 Å². The van der Waals surface area contributed by atoms with E-state index in [0.717, 1.165) is 42.4 Å². The number of ether oxygens (including phenoxy) is 2. The highest BCUT2D eigenvalue weighted by Gasteiger charge is 2.67. The molecule has 4 heteroatoms. The summed E-state index contributed by atoms with van der Waals surface area (Å²) in [6.07, 6.45) is 8.07. The Kier molecular flexibility index (Phi) is 8.43. The van der Waals surface area contributed by atoms with Gasteiger partial charge in [0.2, 0.25) is 0 Å². The Bertz CT molecular complexity index is 598. The summed E-state index contributed by atoms with van der Waals surface area (Å²) in [5.41, 5.74) is -0.856. The van der Waals surface area contributed by atoms with Crippen LogP contribution < -0.4 is 0 Å². The van der Waals surface area contributed by atoms with Gasteiger partial charge in [-0.2, -0.15) is 0 Å². The smallest absolute Gasteiger partial charge is 0.344 e. The summed E-state index contributed by atoms with van der Waals surface area (Å²) in [5, 5.41) is 0. The summed E-state index contributed by atoms with van der Waals surface area (Å²) < 4.78 is 11.3. The molecule has 7 unspecified atom stereocenters. The van der Waals surface area contributed by atoms with Crippen LogP contribution in [-0.2, 0) is 19.1 Å². The van der Waals surface area contributed by atoms with Gasteiger partial charge in [-0.25, -0.2) is 4.79 Å². The Balaban J connectivity index is 0.000000757. The molecule has 0 aromatic carbocycles. The second-order valence-electron chi connectivity index (χ2n) is 10.0. The first kappa shape index (κ1) is 25.2. The van der Waals surface area contributed by atoms with Crippen LogP contribution in [0.5, 0.6) is 0 Å². The molecule has 174 valence electrons. The fraction of sp³-hybridized carbons (Fsp3) is 0.923. The van der Waals surface area contributed by atoms with Crippen molar-refractivity contribution >= 4 is 11.9 Å². The van der Waals surface area contributed by atoms with E-state index in [1.807, 2.05) is 48.5 Å². The quantitative estimate of drug-likeness (QED) is 0.366. The molecule has 0 aromatic rings. The molecule has 4 bridgehead atoms. The molecular weight excluding hydrogens is 376 g/mol. The maximum Gasteiger partial charge on any atom is 0.344 e. The third-order valence-electron chi connectivity index (χ3n) is 8.57. The lowest BCUT2D eigenvalue weighted by atomic mass is 9.65. The van der Waals surface area contributed by atoms with E-state index >= 15 is 0 Å². The number of carbonyl (C=O) groups is 2. The molecule has 0 aliphatic heterocycles. The third kappa shape index (κ3) is 4.30. The molecule has 4 fully saturated rings. The number of hydrogen-bond donors (Lipinski definition) is 0. The van der Waals surface area contributed by atoms with Crippen molar-refractivity contribution in [1.29, 1.82) is 0 Å². The summed E-state index contributed by atoms with van der Waals surface area (Å²) >= 11 is 0. The van der Waals surface area contributed by atoms with Gasteiger partial charge in [-0.3, -0.25) is 4.79 Å². The van der Waals surface area contributed by atoms with Gasteiger partial charge in [0.15, 0.2) is 6.61 Å². The summed E-state index contributed by atoms with van der Waals surface area (Å²) in [6, 6.07) is 0. The molecule has 7 atom stereocenters. The summed E-state index contributed by atoms with van der Waals surface area (Å²) in [6.45, 7) is 15.6. The number of hydrogen-bond acceptors (Lipinski definition) is 4. The fourth-order valence-corrected chi connectivity index (χ4v) is 7.01. The lowest BCUT2D eigenvalue weighted by Crippen LogP contribution is -2.48. The number of carbonyl (C=O) groups excluding carboxylic acids is 2. The zero-order valence-corrected chi connectivity index (χ0v) is 20.8. The SMILES string of the molecule is CC.CC.CCC(C)(C)C(=O)OCC(=O)OC1(CC)CC2CC1C1C3CCC(C3)C21. The number of fused-ring (bicyclic) bond motifs is 9. The van der Waals surface area contributed by atoms with Gasteiger partial charge in [-0.05, 0) is 88.4 Å². The van der Waals surface area contributed by atoms with Crippen LogP contribution in [0.1, 0.15) is 100 Å². The van der Waals surface area contributed by atoms with Crippen LogP contribution in [-0.4, -0.2) is 24.1 Å². The highest BCUT2D eigenvalue weighted by Crippen LogP contribution is 2.70. The van der Waals surface area contributed by atoms with Gasteiger partial charge < -0.3 is 9.47 Å². The molecule has 0 N–H and O–H groups in total. The molecule has 0 aromatic heterocycles. The Morgan fingerprint density at radius 3 is 2.10 bits per heavy atom. The topological polar surface area (TPSA) is 52.6 Å². The van der Waals surface area contributed by atoms with E-state index in [1.54, 1.807) is 0 Å². The number of esters is 2. The molecule has 0 radical (unpaired) electrons. The highest BCUT2D eigenvalue weighted by molar-refractivity contribution is 5.80. The largest absolute Gasteiger partial charge is 0.456 e. The van der Waals surface area contributed by atoms with Crippen LogP contribution >= 0.6 is 0 Å². The number of rotatable bonds is 6. The van der Waals surface area contributed by atoms with E-state index in [4.69, 9.17) is 9.47 Å². The van der Waals surface area contributed by atoms with Crippen molar-refractivity contribution in [3.8, 4) is 0 Å². The van der Waals surface area contributed by atoms with E-state index in [1.165, 1.54) is 25.7 Å². The highest BCUT2D eigenvalue weighted by atomic mass is 16.6.